The summed E-state index contributed by atoms with van der Waals surface area (Å²) in [5, 5.41) is 15.9. The zero-order valence-electron chi connectivity index (χ0n) is 25.4. The van der Waals surface area contributed by atoms with Crippen LogP contribution in [0, 0.1) is 24.0 Å². The molecule has 0 unspecified atom stereocenters. The number of carbonyl (C=O) groups is 1. The van der Waals surface area contributed by atoms with Crippen LogP contribution in [-0.2, 0) is 13.2 Å². The normalized spacial score (nSPS) is 11.0. The Hall–Kier alpha value is -5.36. The third-order valence-corrected chi connectivity index (χ3v) is 7.39. The number of rotatable bonds is 13. The number of furan rings is 1. The Labute approximate surface area is 273 Å². The van der Waals surface area contributed by atoms with Crippen LogP contribution in [0.25, 0.3) is 5.69 Å². The molecular weight excluding hydrogens is 656 g/mol. The third kappa shape index (κ3) is 7.83. The number of ether oxygens (including phenoxy) is 3. The first-order chi connectivity index (χ1) is 22.2. The number of aryl methyl sites for hydroxylation is 2. The van der Waals surface area contributed by atoms with Crippen molar-refractivity contribution in [1.82, 2.24) is 9.99 Å². The quantitative estimate of drug-likeness (QED) is 0.0764. The summed E-state index contributed by atoms with van der Waals surface area (Å²) in [6, 6.07) is 25.3. The van der Waals surface area contributed by atoms with Gasteiger partial charge >= 0.3 is 11.6 Å². The van der Waals surface area contributed by atoms with Crippen LogP contribution in [0.5, 0.6) is 17.2 Å². The van der Waals surface area contributed by atoms with Gasteiger partial charge in [-0.3, -0.25) is 14.9 Å². The van der Waals surface area contributed by atoms with Gasteiger partial charge in [-0.1, -0.05) is 28.1 Å². The van der Waals surface area contributed by atoms with Gasteiger partial charge in [0.2, 0.25) is 5.75 Å². The zero-order valence-corrected chi connectivity index (χ0v) is 26.9. The van der Waals surface area contributed by atoms with E-state index in [1.807, 2.05) is 48.5 Å². The summed E-state index contributed by atoms with van der Waals surface area (Å²) >= 11 is 3.38. The summed E-state index contributed by atoms with van der Waals surface area (Å²) in [6.45, 7) is 6.35. The molecule has 236 valence electrons. The molecule has 0 radical (unpaired) electrons. The van der Waals surface area contributed by atoms with Crippen LogP contribution >= 0.6 is 15.9 Å². The molecule has 46 heavy (non-hydrogen) atoms. The molecule has 0 bridgehead atoms. The number of benzene rings is 3. The standard InChI is InChI=1S/C34H31BrN4O7/c1-4-43-32-18-25(17-30(39(41)42)33(32)45-20-24-7-9-26(35)10-8-24)19-36-37-34(40)31-16-15-29(46-31)21-44-28-13-11-27(12-14-28)38-22(2)5-6-23(38)3/h5-19H,4,20-21H2,1-3H3,(H,37,40)/b36-19+. The van der Waals surface area contributed by atoms with Gasteiger partial charge in [-0.2, -0.15) is 5.10 Å². The molecule has 0 atom stereocenters. The third-order valence-electron chi connectivity index (χ3n) is 6.86. The Bertz CT molecular complexity index is 1840. The highest BCUT2D eigenvalue weighted by Gasteiger charge is 2.23. The second-order valence-corrected chi connectivity index (χ2v) is 11.1. The van der Waals surface area contributed by atoms with E-state index in [-0.39, 0.29) is 42.8 Å². The molecule has 0 aliphatic heterocycles. The number of aromatic nitrogens is 1. The Morgan fingerprint density at radius 1 is 0.957 bits per heavy atom. The van der Waals surface area contributed by atoms with Gasteiger partial charge in [-0.25, -0.2) is 5.43 Å². The SMILES string of the molecule is CCOc1cc(/C=N/NC(=O)c2ccc(COc3ccc(-n4c(C)ccc4C)cc3)o2)cc([N+](=O)[O-])c1OCc1ccc(Br)cc1. The van der Waals surface area contributed by atoms with Gasteiger partial charge in [-0.05, 0) is 93.1 Å². The van der Waals surface area contributed by atoms with Crippen LogP contribution in [0.4, 0.5) is 5.69 Å². The number of hydrogen-bond acceptors (Lipinski definition) is 8. The minimum absolute atomic E-state index is 0.00308. The number of hydrogen-bond donors (Lipinski definition) is 1. The summed E-state index contributed by atoms with van der Waals surface area (Å²) in [5.74, 6) is 0.722. The molecule has 3 aromatic carbocycles. The predicted octanol–water partition coefficient (Wildman–Crippen LogP) is 7.68. The van der Waals surface area contributed by atoms with E-state index >= 15 is 0 Å². The zero-order chi connectivity index (χ0) is 32.6. The van der Waals surface area contributed by atoms with Crippen LogP contribution < -0.4 is 19.6 Å². The number of nitrogens with zero attached hydrogens (tertiary/aromatic N) is 3. The monoisotopic (exact) mass is 686 g/mol. The van der Waals surface area contributed by atoms with Crippen LogP contribution in [0.3, 0.4) is 0 Å². The van der Waals surface area contributed by atoms with E-state index in [0.717, 1.165) is 27.1 Å². The van der Waals surface area contributed by atoms with E-state index < -0.39 is 10.8 Å². The molecule has 0 fully saturated rings. The van der Waals surface area contributed by atoms with E-state index in [9.17, 15) is 14.9 Å². The maximum Gasteiger partial charge on any atom is 0.315 e. The molecule has 2 aromatic heterocycles. The molecule has 0 aliphatic carbocycles. The van der Waals surface area contributed by atoms with Gasteiger partial charge in [0, 0.05) is 33.2 Å². The van der Waals surface area contributed by atoms with Crippen LogP contribution in [0.1, 0.15) is 45.8 Å². The highest BCUT2D eigenvalue weighted by Crippen LogP contribution is 2.39. The lowest BCUT2D eigenvalue weighted by atomic mass is 10.1. The van der Waals surface area contributed by atoms with Gasteiger partial charge in [0.25, 0.3) is 0 Å². The summed E-state index contributed by atoms with van der Waals surface area (Å²) < 4.78 is 26.0. The highest BCUT2D eigenvalue weighted by molar-refractivity contribution is 9.10. The number of hydrazone groups is 1. The first kappa shape index (κ1) is 32.0. The second kappa shape index (κ2) is 14.6. The smallest absolute Gasteiger partial charge is 0.315 e. The first-order valence-corrected chi connectivity index (χ1v) is 15.1. The fourth-order valence-corrected chi connectivity index (χ4v) is 4.95. The van der Waals surface area contributed by atoms with E-state index in [1.165, 1.54) is 18.3 Å². The van der Waals surface area contributed by atoms with Gasteiger partial charge in [0.05, 0.1) is 17.7 Å². The number of carbonyl (C=O) groups excluding carboxylic acids is 1. The minimum Gasteiger partial charge on any atom is -0.490 e. The summed E-state index contributed by atoms with van der Waals surface area (Å²) in [6.07, 6.45) is 1.28. The summed E-state index contributed by atoms with van der Waals surface area (Å²) in [5.41, 5.74) is 6.56. The van der Waals surface area contributed by atoms with E-state index in [0.29, 0.717) is 17.1 Å². The maximum atomic E-state index is 12.6. The highest BCUT2D eigenvalue weighted by atomic mass is 79.9. The largest absolute Gasteiger partial charge is 0.490 e. The maximum absolute atomic E-state index is 12.6. The lowest BCUT2D eigenvalue weighted by Crippen LogP contribution is -2.16. The van der Waals surface area contributed by atoms with Crippen molar-refractivity contribution in [1.29, 1.82) is 0 Å². The molecule has 0 spiro atoms. The van der Waals surface area contributed by atoms with Crippen LogP contribution in [-0.4, -0.2) is 28.2 Å². The van der Waals surface area contributed by atoms with Gasteiger partial charge in [-0.15, -0.1) is 0 Å². The Kier molecular flexibility index (Phi) is 10.2. The van der Waals surface area contributed by atoms with Crippen molar-refractivity contribution in [2.45, 2.75) is 34.0 Å². The average molecular weight is 688 g/mol. The van der Waals surface area contributed by atoms with Crippen molar-refractivity contribution in [3.8, 4) is 22.9 Å². The molecule has 12 heteroatoms. The molecule has 0 saturated heterocycles. The molecule has 0 saturated carbocycles. The predicted molar refractivity (Wildman–Crippen MR) is 176 cm³/mol. The van der Waals surface area contributed by atoms with Crippen LogP contribution in [0.15, 0.2) is 98.9 Å². The first-order valence-electron chi connectivity index (χ1n) is 14.3. The molecule has 11 nitrogen and oxygen atoms in total. The van der Waals surface area contributed by atoms with Crippen molar-refractivity contribution in [2.24, 2.45) is 5.10 Å². The molecule has 1 amide bonds. The Balaban J connectivity index is 1.20. The second-order valence-electron chi connectivity index (χ2n) is 10.2. The fourth-order valence-electron chi connectivity index (χ4n) is 4.68. The molecule has 2 heterocycles. The summed E-state index contributed by atoms with van der Waals surface area (Å²) in [7, 11) is 0. The van der Waals surface area contributed by atoms with Gasteiger partial charge in [0.1, 0.15) is 24.7 Å². The fraction of sp³-hybridized carbons (Fsp3) is 0.176. The number of halogens is 1. The van der Waals surface area contributed by atoms with Crippen molar-refractivity contribution in [2.75, 3.05) is 6.61 Å². The molecule has 0 aliphatic rings. The van der Waals surface area contributed by atoms with E-state index in [2.05, 4.69) is 57.0 Å². The lowest BCUT2D eigenvalue weighted by Gasteiger charge is -2.13. The minimum atomic E-state index is -0.599. The van der Waals surface area contributed by atoms with Gasteiger partial charge in [0.15, 0.2) is 11.5 Å². The molecule has 5 aromatic rings. The number of nitrogens with one attached hydrogen (secondary N) is 1. The molecular formula is C34H31BrN4O7. The summed E-state index contributed by atoms with van der Waals surface area (Å²) in [4.78, 5) is 24.0. The van der Waals surface area contributed by atoms with Gasteiger partial charge < -0.3 is 23.2 Å². The van der Waals surface area contributed by atoms with Crippen molar-refractivity contribution in [3.63, 3.8) is 0 Å². The number of amides is 1. The average Bonchev–Trinajstić information content (AvgIpc) is 3.66. The van der Waals surface area contributed by atoms with Crippen molar-refractivity contribution >= 4 is 33.7 Å². The Morgan fingerprint density at radius 3 is 2.35 bits per heavy atom. The van der Waals surface area contributed by atoms with Crippen molar-refractivity contribution < 1.29 is 28.3 Å². The van der Waals surface area contributed by atoms with E-state index in [4.69, 9.17) is 18.6 Å². The van der Waals surface area contributed by atoms with Crippen molar-refractivity contribution in [3.05, 3.63) is 134 Å². The number of nitro groups is 1. The topological polar surface area (TPSA) is 130 Å². The number of nitro benzene ring substituents is 1. The molecule has 5 rings (SSSR count). The lowest BCUT2D eigenvalue weighted by molar-refractivity contribution is -0.386. The Morgan fingerprint density at radius 2 is 1.67 bits per heavy atom. The van der Waals surface area contributed by atoms with E-state index in [1.54, 1.807) is 19.1 Å². The van der Waals surface area contributed by atoms with Crippen LogP contribution in [0.2, 0.25) is 0 Å². The molecule has 1 N–H and O–H groups in total.